The van der Waals surface area contributed by atoms with Crippen LogP contribution in [-0.2, 0) is 13.1 Å². The van der Waals surface area contributed by atoms with Crippen LogP contribution in [0.25, 0.3) is 0 Å². The smallest absolute Gasteiger partial charge is 0.333 e. The number of amides is 2. The summed E-state index contributed by atoms with van der Waals surface area (Å²) in [5.41, 5.74) is 1.59. The summed E-state index contributed by atoms with van der Waals surface area (Å²) in [6.07, 6.45) is 1.68. The lowest BCUT2D eigenvalue weighted by molar-refractivity contribution is -0.0769. The Bertz CT molecular complexity index is 909. The third kappa shape index (κ3) is 5.05. The highest BCUT2D eigenvalue weighted by Gasteiger charge is 2.50. The number of hydrogen-bond donors (Lipinski definition) is 1. The molecule has 6 nitrogen and oxygen atoms in total. The summed E-state index contributed by atoms with van der Waals surface area (Å²) in [6.45, 7) is 7.75. The first kappa shape index (κ1) is 22.6. The number of nitrogens with zero attached hydrogens (tertiary/aromatic N) is 3. The van der Waals surface area contributed by atoms with Crippen molar-refractivity contribution in [3.05, 3.63) is 65.5 Å². The number of benzene rings is 2. The predicted octanol–water partition coefficient (Wildman–Crippen LogP) is 4.22. The minimum Gasteiger partial charge on any atom is -0.493 e. The first-order chi connectivity index (χ1) is 15.3. The number of piperidine rings is 1. The van der Waals surface area contributed by atoms with Gasteiger partial charge in [-0.3, -0.25) is 5.01 Å². The molecule has 2 aliphatic heterocycles. The fourth-order valence-electron chi connectivity index (χ4n) is 4.32. The molecule has 0 atom stereocenters. The van der Waals surface area contributed by atoms with Crippen molar-refractivity contribution in [1.29, 1.82) is 0 Å². The highest BCUT2D eigenvalue weighted by atomic mass is 19.1. The Balaban J connectivity index is 1.54. The van der Waals surface area contributed by atoms with Crippen LogP contribution in [0.2, 0.25) is 0 Å². The van der Waals surface area contributed by atoms with Crippen molar-refractivity contribution in [3.8, 4) is 5.75 Å². The van der Waals surface area contributed by atoms with E-state index in [1.165, 1.54) is 12.1 Å². The maximum absolute atomic E-state index is 13.4. The largest absolute Gasteiger partial charge is 0.493 e. The number of halogens is 1. The van der Waals surface area contributed by atoms with E-state index in [-0.39, 0.29) is 11.8 Å². The van der Waals surface area contributed by atoms with Crippen molar-refractivity contribution >= 4 is 6.03 Å². The van der Waals surface area contributed by atoms with Gasteiger partial charge in [-0.15, -0.1) is 0 Å². The summed E-state index contributed by atoms with van der Waals surface area (Å²) >= 11 is 0. The van der Waals surface area contributed by atoms with Crippen molar-refractivity contribution in [2.45, 2.75) is 45.4 Å². The van der Waals surface area contributed by atoms with Gasteiger partial charge in [0.05, 0.1) is 13.2 Å². The zero-order chi connectivity index (χ0) is 22.7. The van der Waals surface area contributed by atoms with Gasteiger partial charge in [0.15, 0.2) is 0 Å². The zero-order valence-electron chi connectivity index (χ0n) is 19.2. The molecule has 32 heavy (non-hydrogen) atoms. The van der Waals surface area contributed by atoms with Crippen molar-refractivity contribution in [3.63, 3.8) is 0 Å². The van der Waals surface area contributed by atoms with E-state index in [1.807, 2.05) is 24.3 Å². The van der Waals surface area contributed by atoms with Crippen LogP contribution in [0.15, 0.2) is 48.5 Å². The minimum atomic E-state index is -0.418. The molecule has 0 aromatic heterocycles. The number of urea groups is 1. The van der Waals surface area contributed by atoms with E-state index in [2.05, 4.69) is 36.1 Å². The van der Waals surface area contributed by atoms with Crippen LogP contribution in [0.3, 0.4) is 0 Å². The molecule has 7 heteroatoms. The number of nitrogens with one attached hydrogen (secondary N) is 1. The second kappa shape index (κ2) is 9.46. The van der Waals surface area contributed by atoms with Crippen LogP contribution in [0.1, 0.15) is 37.8 Å². The summed E-state index contributed by atoms with van der Waals surface area (Å²) in [5, 5.41) is 7.23. The van der Waals surface area contributed by atoms with Gasteiger partial charge < -0.3 is 15.0 Å². The molecule has 0 bridgehead atoms. The number of ether oxygens (including phenoxy) is 1. The van der Waals surface area contributed by atoms with Crippen molar-refractivity contribution in [1.82, 2.24) is 20.2 Å². The van der Waals surface area contributed by atoms with E-state index >= 15 is 0 Å². The standard InChI is InChI=1S/C25H33FN4O2/c1-19(2)18-32-23-10-6-20(7-11-23)16-29-24(31)27-25(12-14-28(3)15-13-25)30(29)17-21-4-8-22(26)9-5-21/h4-11,19H,12-18H2,1-3H3,(H,27,31). The monoisotopic (exact) mass is 440 g/mol. The van der Waals surface area contributed by atoms with Crippen molar-refractivity contribution in [2.75, 3.05) is 26.7 Å². The van der Waals surface area contributed by atoms with Gasteiger partial charge in [-0.25, -0.2) is 9.18 Å². The lowest BCUT2D eigenvalue weighted by Gasteiger charge is -2.44. The van der Waals surface area contributed by atoms with Crippen LogP contribution in [0.4, 0.5) is 9.18 Å². The molecule has 1 spiro atoms. The van der Waals surface area contributed by atoms with Crippen LogP contribution in [0, 0.1) is 11.7 Å². The molecule has 0 saturated carbocycles. The van der Waals surface area contributed by atoms with Gasteiger partial charge in [0.25, 0.3) is 0 Å². The number of likely N-dealkylation sites (tertiary alicyclic amines) is 1. The Morgan fingerprint density at radius 2 is 1.59 bits per heavy atom. The van der Waals surface area contributed by atoms with Gasteiger partial charge >= 0.3 is 6.03 Å². The maximum Gasteiger partial charge on any atom is 0.333 e. The molecule has 0 aliphatic carbocycles. The summed E-state index contributed by atoms with van der Waals surface area (Å²) in [7, 11) is 2.11. The molecule has 2 saturated heterocycles. The van der Waals surface area contributed by atoms with Gasteiger partial charge in [0.2, 0.25) is 0 Å². The van der Waals surface area contributed by atoms with Crippen LogP contribution < -0.4 is 10.1 Å². The molecule has 1 N–H and O–H groups in total. The summed E-state index contributed by atoms with van der Waals surface area (Å²) in [5.74, 6) is 1.05. The SMILES string of the molecule is CC(C)COc1ccc(CN2C(=O)NC3(CCN(C)CC3)N2Cc2ccc(F)cc2)cc1. The summed E-state index contributed by atoms with van der Waals surface area (Å²) in [6, 6.07) is 14.4. The normalized spacial score (nSPS) is 19.0. The Kier molecular flexibility index (Phi) is 6.67. The number of carbonyl (C=O) groups excluding carboxylic acids is 1. The number of hydrazine groups is 1. The number of carbonyl (C=O) groups is 1. The van der Waals surface area contributed by atoms with Crippen LogP contribution >= 0.6 is 0 Å². The zero-order valence-corrected chi connectivity index (χ0v) is 19.2. The second-order valence-electron chi connectivity index (χ2n) is 9.36. The van der Waals surface area contributed by atoms with Crippen LogP contribution in [0.5, 0.6) is 5.75 Å². The van der Waals surface area contributed by atoms with E-state index in [0.717, 1.165) is 42.8 Å². The molecule has 2 heterocycles. The Morgan fingerprint density at radius 1 is 1.00 bits per heavy atom. The molecule has 2 fully saturated rings. The Hall–Kier alpha value is -2.64. The molecular weight excluding hydrogens is 407 g/mol. The fourth-order valence-corrected chi connectivity index (χ4v) is 4.32. The maximum atomic E-state index is 13.4. The molecule has 2 aliphatic rings. The molecule has 2 aromatic rings. The predicted molar refractivity (Wildman–Crippen MR) is 122 cm³/mol. The number of rotatable bonds is 7. The number of hydrogen-bond acceptors (Lipinski definition) is 4. The van der Waals surface area contributed by atoms with Crippen molar-refractivity contribution in [2.24, 2.45) is 5.92 Å². The molecule has 4 rings (SSSR count). The highest BCUT2D eigenvalue weighted by Crippen LogP contribution is 2.35. The first-order valence-corrected chi connectivity index (χ1v) is 11.4. The Morgan fingerprint density at radius 3 is 2.22 bits per heavy atom. The topological polar surface area (TPSA) is 48.1 Å². The average molecular weight is 441 g/mol. The third-order valence-electron chi connectivity index (χ3n) is 6.26. The van der Waals surface area contributed by atoms with E-state index < -0.39 is 5.66 Å². The Labute approximate surface area is 189 Å². The lowest BCUT2D eigenvalue weighted by atomic mass is 9.96. The molecule has 0 radical (unpaired) electrons. The third-order valence-corrected chi connectivity index (χ3v) is 6.26. The first-order valence-electron chi connectivity index (χ1n) is 11.4. The van der Waals surface area contributed by atoms with Gasteiger partial charge in [-0.05, 0) is 61.2 Å². The summed E-state index contributed by atoms with van der Waals surface area (Å²) < 4.78 is 19.2. The molecule has 2 amide bonds. The van der Waals surface area contributed by atoms with E-state index in [9.17, 15) is 9.18 Å². The second-order valence-corrected chi connectivity index (χ2v) is 9.36. The minimum absolute atomic E-state index is 0.0863. The average Bonchev–Trinajstić information content (AvgIpc) is 3.02. The molecular formula is C25H33FN4O2. The van der Waals surface area contributed by atoms with Crippen molar-refractivity contribution < 1.29 is 13.9 Å². The van der Waals surface area contributed by atoms with Crippen LogP contribution in [-0.4, -0.2) is 53.4 Å². The van der Waals surface area contributed by atoms with Gasteiger partial charge in [0, 0.05) is 19.6 Å². The molecule has 172 valence electrons. The van der Waals surface area contributed by atoms with E-state index in [1.54, 1.807) is 17.1 Å². The van der Waals surface area contributed by atoms with Gasteiger partial charge in [-0.1, -0.05) is 38.1 Å². The van der Waals surface area contributed by atoms with Gasteiger partial charge in [0.1, 0.15) is 17.2 Å². The molecule has 0 unspecified atom stereocenters. The lowest BCUT2D eigenvalue weighted by Crippen LogP contribution is -2.58. The highest BCUT2D eigenvalue weighted by molar-refractivity contribution is 5.77. The van der Waals surface area contributed by atoms with Gasteiger partial charge in [-0.2, -0.15) is 5.01 Å². The van der Waals surface area contributed by atoms with E-state index in [4.69, 9.17) is 4.74 Å². The quantitative estimate of drug-likeness (QED) is 0.700. The van der Waals surface area contributed by atoms with E-state index in [0.29, 0.717) is 25.6 Å². The fraction of sp³-hybridized carbons (Fsp3) is 0.480. The molecule has 2 aromatic carbocycles. The summed E-state index contributed by atoms with van der Waals surface area (Å²) in [4.78, 5) is 15.4.